The van der Waals surface area contributed by atoms with E-state index in [1.54, 1.807) is 24.3 Å². The Kier molecular flexibility index (Phi) is 7.78. The molecule has 0 spiro atoms. The van der Waals surface area contributed by atoms with Gasteiger partial charge in [0, 0.05) is 18.3 Å². The number of methoxy groups -OCH3 is 1. The predicted octanol–water partition coefficient (Wildman–Crippen LogP) is 5.82. The van der Waals surface area contributed by atoms with Gasteiger partial charge in [-0.15, -0.1) is 13.2 Å². The zero-order chi connectivity index (χ0) is 25.8. The Hall–Kier alpha value is -3.48. The van der Waals surface area contributed by atoms with Gasteiger partial charge in [0.25, 0.3) is 0 Å². The molecule has 0 saturated carbocycles. The number of alkyl halides is 6. The molecule has 0 unspecified atom stereocenters. The van der Waals surface area contributed by atoms with Gasteiger partial charge >= 0.3 is 12.5 Å². The zero-order valence-corrected chi connectivity index (χ0v) is 19.0. The third kappa shape index (κ3) is 7.25. The molecule has 0 bridgehead atoms. The van der Waals surface area contributed by atoms with Gasteiger partial charge < -0.3 is 14.4 Å². The van der Waals surface area contributed by atoms with Crippen molar-refractivity contribution in [3.8, 4) is 22.8 Å². The summed E-state index contributed by atoms with van der Waals surface area (Å²) in [5, 5.41) is -0.263. The maximum absolute atomic E-state index is 13.4. The fourth-order valence-corrected chi connectivity index (χ4v) is 3.56. The molecule has 0 aliphatic rings. The first-order valence-corrected chi connectivity index (χ1v) is 10.7. The van der Waals surface area contributed by atoms with E-state index in [9.17, 15) is 31.1 Å². The standard InChI is InChI=1S/C22H17F6N3O3S/c1-31(14-5-9-16(10-6-14)34-22(26,27)28)19(32)12-35-20-29-17(11-18(30-20)21(23,24)25)13-3-7-15(33-2)8-4-13/h3-11H,12H2,1-2H3. The highest BCUT2D eigenvalue weighted by Crippen LogP contribution is 2.33. The van der Waals surface area contributed by atoms with Crippen molar-refractivity contribution in [1.29, 1.82) is 0 Å². The molecule has 186 valence electrons. The molecule has 0 saturated heterocycles. The smallest absolute Gasteiger partial charge is 0.497 e. The first kappa shape index (κ1) is 26.1. The van der Waals surface area contributed by atoms with Crippen molar-refractivity contribution in [2.45, 2.75) is 17.7 Å². The number of ether oxygens (including phenoxy) is 2. The molecule has 0 aliphatic heterocycles. The van der Waals surface area contributed by atoms with Gasteiger partial charge in [0.2, 0.25) is 5.91 Å². The predicted molar refractivity (Wildman–Crippen MR) is 116 cm³/mol. The van der Waals surface area contributed by atoms with Gasteiger partial charge in [-0.1, -0.05) is 11.8 Å². The molecule has 0 aliphatic carbocycles. The summed E-state index contributed by atoms with van der Waals surface area (Å²) < 4.78 is 85.9. The number of amides is 1. The first-order chi connectivity index (χ1) is 16.4. The van der Waals surface area contributed by atoms with E-state index in [0.717, 1.165) is 23.1 Å². The maximum Gasteiger partial charge on any atom is 0.573 e. The number of rotatable bonds is 7. The van der Waals surface area contributed by atoms with Crippen LogP contribution >= 0.6 is 11.8 Å². The highest BCUT2D eigenvalue weighted by Gasteiger charge is 2.34. The molecule has 13 heteroatoms. The molecule has 0 fully saturated rings. The van der Waals surface area contributed by atoms with Crippen LogP contribution in [0.4, 0.5) is 32.0 Å². The summed E-state index contributed by atoms with van der Waals surface area (Å²) in [4.78, 5) is 21.3. The Morgan fingerprint density at radius 3 is 2.09 bits per heavy atom. The minimum absolute atomic E-state index is 0.0125. The summed E-state index contributed by atoms with van der Waals surface area (Å²) in [7, 11) is 2.83. The van der Waals surface area contributed by atoms with E-state index in [-0.39, 0.29) is 22.3 Å². The van der Waals surface area contributed by atoms with Gasteiger partial charge in [-0.05, 0) is 54.6 Å². The highest BCUT2D eigenvalue weighted by molar-refractivity contribution is 7.99. The average Bonchev–Trinajstić information content (AvgIpc) is 2.81. The van der Waals surface area contributed by atoms with Crippen molar-refractivity contribution in [2.75, 3.05) is 24.8 Å². The summed E-state index contributed by atoms with van der Waals surface area (Å²) in [6.07, 6.45) is -9.59. The van der Waals surface area contributed by atoms with Crippen LogP contribution in [-0.4, -0.2) is 42.1 Å². The third-order valence-corrected chi connectivity index (χ3v) is 5.37. The Bertz CT molecular complexity index is 1170. The summed E-state index contributed by atoms with van der Waals surface area (Å²) in [6.45, 7) is 0. The number of nitrogens with zero attached hydrogens (tertiary/aromatic N) is 3. The number of hydrogen-bond acceptors (Lipinski definition) is 6. The van der Waals surface area contributed by atoms with Crippen LogP contribution in [0.2, 0.25) is 0 Å². The number of aromatic nitrogens is 2. The maximum atomic E-state index is 13.4. The normalized spacial score (nSPS) is 11.8. The molecular formula is C22H17F6N3O3S. The molecule has 1 aromatic heterocycles. The minimum Gasteiger partial charge on any atom is -0.497 e. The number of anilines is 1. The van der Waals surface area contributed by atoms with Crippen molar-refractivity contribution in [1.82, 2.24) is 9.97 Å². The lowest BCUT2D eigenvalue weighted by atomic mass is 10.1. The summed E-state index contributed by atoms with van der Waals surface area (Å²) in [5.41, 5.74) is -0.500. The molecule has 35 heavy (non-hydrogen) atoms. The van der Waals surface area contributed by atoms with E-state index < -0.39 is 29.9 Å². The molecule has 0 N–H and O–H groups in total. The topological polar surface area (TPSA) is 64.5 Å². The van der Waals surface area contributed by atoms with E-state index in [2.05, 4.69) is 14.7 Å². The van der Waals surface area contributed by atoms with E-state index >= 15 is 0 Å². The Labute approximate surface area is 199 Å². The fourth-order valence-electron chi connectivity index (χ4n) is 2.78. The second-order valence-corrected chi connectivity index (χ2v) is 7.87. The molecule has 2 aromatic carbocycles. The lowest BCUT2D eigenvalue weighted by Gasteiger charge is -2.18. The number of halogens is 6. The fraction of sp³-hybridized carbons (Fsp3) is 0.227. The zero-order valence-electron chi connectivity index (χ0n) is 18.1. The number of thioether (sulfide) groups is 1. The second kappa shape index (κ2) is 10.4. The molecule has 1 amide bonds. The lowest BCUT2D eigenvalue weighted by molar-refractivity contribution is -0.274. The van der Waals surface area contributed by atoms with Crippen molar-refractivity contribution < 1.29 is 40.6 Å². The van der Waals surface area contributed by atoms with E-state index in [4.69, 9.17) is 4.74 Å². The SMILES string of the molecule is COc1ccc(-c2cc(C(F)(F)F)nc(SCC(=O)N(C)c3ccc(OC(F)(F)F)cc3)n2)cc1. The van der Waals surface area contributed by atoms with E-state index in [0.29, 0.717) is 23.1 Å². The molecule has 6 nitrogen and oxygen atoms in total. The highest BCUT2D eigenvalue weighted by atomic mass is 32.2. The Morgan fingerprint density at radius 1 is 0.943 bits per heavy atom. The molecule has 0 radical (unpaired) electrons. The van der Waals surface area contributed by atoms with Crippen LogP contribution in [-0.2, 0) is 11.0 Å². The van der Waals surface area contributed by atoms with Gasteiger partial charge in [0.1, 0.15) is 17.2 Å². The van der Waals surface area contributed by atoms with Crippen molar-refractivity contribution in [3.05, 3.63) is 60.3 Å². The van der Waals surface area contributed by atoms with E-state index in [1.807, 2.05) is 0 Å². The van der Waals surface area contributed by atoms with Gasteiger partial charge in [0.05, 0.1) is 18.6 Å². The number of carbonyl (C=O) groups is 1. The Balaban J connectivity index is 1.75. The average molecular weight is 517 g/mol. The van der Waals surface area contributed by atoms with Crippen molar-refractivity contribution in [3.63, 3.8) is 0 Å². The molecule has 3 rings (SSSR count). The van der Waals surface area contributed by atoms with Crippen molar-refractivity contribution in [2.24, 2.45) is 0 Å². The third-order valence-electron chi connectivity index (χ3n) is 4.54. The van der Waals surface area contributed by atoms with Gasteiger partial charge in [0.15, 0.2) is 5.16 Å². The van der Waals surface area contributed by atoms with Crippen LogP contribution in [0.25, 0.3) is 11.3 Å². The monoisotopic (exact) mass is 517 g/mol. The van der Waals surface area contributed by atoms with Crippen molar-refractivity contribution >= 4 is 23.4 Å². The van der Waals surface area contributed by atoms with Gasteiger partial charge in [-0.25, -0.2) is 9.97 Å². The largest absolute Gasteiger partial charge is 0.573 e. The molecule has 1 heterocycles. The number of hydrogen-bond donors (Lipinski definition) is 0. The van der Waals surface area contributed by atoms with Gasteiger partial charge in [-0.2, -0.15) is 13.2 Å². The first-order valence-electron chi connectivity index (χ1n) is 9.71. The second-order valence-electron chi connectivity index (χ2n) is 6.93. The van der Waals surface area contributed by atoms with Crippen LogP contribution in [0.1, 0.15) is 5.69 Å². The van der Waals surface area contributed by atoms with Crippen LogP contribution in [0.5, 0.6) is 11.5 Å². The van der Waals surface area contributed by atoms with Gasteiger partial charge in [-0.3, -0.25) is 4.79 Å². The van der Waals surface area contributed by atoms with Crippen LogP contribution < -0.4 is 14.4 Å². The molecular weight excluding hydrogens is 500 g/mol. The summed E-state index contributed by atoms with van der Waals surface area (Å²) >= 11 is 0.698. The lowest BCUT2D eigenvalue weighted by Crippen LogP contribution is -2.28. The van der Waals surface area contributed by atoms with E-state index in [1.165, 1.54) is 26.3 Å². The summed E-state index contributed by atoms with van der Waals surface area (Å²) in [5.74, 6) is -0.799. The molecule has 3 aromatic rings. The Morgan fingerprint density at radius 2 is 1.54 bits per heavy atom. The quantitative estimate of drug-likeness (QED) is 0.224. The summed E-state index contributed by atoms with van der Waals surface area (Å²) in [6, 6.07) is 11.6. The van der Waals surface area contributed by atoms with Crippen LogP contribution in [0, 0.1) is 0 Å². The molecule has 0 atom stereocenters. The van der Waals surface area contributed by atoms with Crippen LogP contribution in [0.3, 0.4) is 0 Å². The number of carbonyl (C=O) groups excluding carboxylic acids is 1. The minimum atomic E-state index is -4.85. The van der Waals surface area contributed by atoms with Crippen LogP contribution in [0.15, 0.2) is 59.8 Å². The number of benzene rings is 2.